The summed E-state index contributed by atoms with van der Waals surface area (Å²) in [7, 11) is -3.64. The lowest BCUT2D eigenvalue weighted by atomic mass is 10.1. The second kappa shape index (κ2) is 6.10. The first kappa shape index (κ1) is 16.2. The highest BCUT2D eigenvalue weighted by molar-refractivity contribution is 7.87. The van der Waals surface area contributed by atoms with E-state index in [0.29, 0.717) is 23.8 Å². The summed E-state index contributed by atoms with van der Waals surface area (Å²) in [5.74, 6) is 1.31. The highest BCUT2D eigenvalue weighted by Gasteiger charge is 2.37. The molecule has 1 N–H and O–H groups in total. The normalized spacial score (nSPS) is 20.9. The van der Waals surface area contributed by atoms with Gasteiger partial charge in [0.1, 0.15) is 11.5 Å². The van der Waals surface area contributed by atoms with Crippen LogP contribution in [-0.2, 0) is 10.2 Å². The van der Waals surface area contributed by atoms with Crippen LogP contribution in [0.5, 0.6) is 0 Å². The van der Waals surface area contributed by atoms with Gasteiger partial charge in [-0.2, -0.15) is 17.4 Å². The first-order valence-corrected chi connectivity index (χ1v) is 9.09. The van der Waals surface area contributed by atoms with Crippen LogP contribution in [0.15, 0.2) is 27.3 Å². The van der Waals surface area contributed by atoms with Gasteiger partial charge in [-0.1, -0.05) is 5.16 Å². The third kappa shape index (κ3) is 3.06. The molecule has 0 saturated carbocycles. The molecule has 3 heterocycles. The smallest absolute Gasteiger partial charge is 0.280 e. The van der Waals surface area contributed by atoms with Crippen LogP contribution in [0.3, 0.4) is 0 Å². The number of hydrogen-bond acceptors (Lipinski definition) is 5. The van der Waals surface area contributed by atoms with Gasteiger partial charge in [0.2, 0.25) is 0 Å². The monoisotopic (exact) mass is 339 g/mol. The van der Waals surface area contributed by atoms with E-state index in [9.17, 15) is 8.42 Å². The third-order valence-corrected chi connectivity index (χ3v) is 5.94. The van der Waals surface area contributed by atoms with Crippen molar-refractivity contribution in [3.8, 4) is 0 Å². The Labute approximate surface area is 135 Å². The Morgan fingerprint density at radius 3 is 2.83 bits per heavy atom. The van der Waals surface area contributed by atoms with Crippen LogP contribution in [0.2, 0.25) is 0 Å². The Bertz CT molecular complexity index is 747. The predicted octanol–water partition coefficient (Wildman–Crippen LogP) is 2.62. The maximum absolute atomic E-state index is 12.8. The van der Waals surface area contributed by atoms with Crippen LogP contribution < -0.4 is 4.72 Å². The Morgan fingerprint density at radius 2 is 2.22 bits per heavy atom. The molecule has 3 rings (SSSR count). The lowest BCUT2D eigenvalue weighted by Gasteiger charge is -2.25. The third-order valence-electron chi connectivity index (χ3n) is 4.23. The molecule has 1 saturated heterocycles. The zero-order valence-electron chi connectivity index (χ0n) is 13.4. The van der Waals surface area contributed by atoms with Gasteiger partial charge >= 0.3 is 0 Å². The average molecular weight is 339 g/mol. The minimum absolute atomic E-state index is 0.251. The number of rotatable bonds is 5. The van der Waals surface area contributed by atoms with Crippen LogP contribution >= 0.6 is 0 Å². The number of aromatic nitrogens is 1. The SMILES string of the molecule is Cc1noc(C)c1[C@H](C)NS(=O)(=O)N1CCC[C@H]1c1ccco1. The molecule has 0 radical (unpaired) electrons. The number of hydrogen-bond donors (Lipinski definition) is 1. The van der Waals surface area contributed by atoms with Crippen molar-refractivity contribution >= 4 is 10.2 Å². The summed E-state index contributed by atoms with van der Waals surface area (Å²) in [4.78, 5) is 0. The van der Waals surface area contributed by atoms with Crippen molar-refractivity contribution in [3.63, 3.8) is 0 Å². The van der Waals surface area contributed by atoms with Gasteiger partial charge in [-0.15, -0.1) is 0 Å². The molecule has 2 aromatic rings. The first-order chi connectivity index (χ1) is 10.9. The largest absolute Gasteiger partial charge is 0.468 e. The molecule has 0 aliphatic carbocycles. The lowest BCUT2D eigenvalue weighted by Crippen LogP contribution is -2.41. The average Bonchev–Trinajstić information content (AvgIpc) is 3.17. The molecule has 0 spiro atoms. The Morgan fingerprint density at radius 1 is 1.43 bits per heavy atom. The zero-order chi connectivity index (χ0) is 16.6. The van der Waals surface area contributed by atoms with Crippen LogP contribution in [-0.4, -0.2) is 24.4 Å². The van der Waals surface area contributed by atoms with E-state index in [2.05, 4.69) is 9.88 Å². The predicted molar refractivity (Wildman–Crippen MR) is 83.8 cm³/mol. The van der Waals surface area contributed by atoms with Crippen LogP contribution in [0.4, 0.5) is 0 Å². The number of aryl methyl sites for hydroxylation is 2. The summed E-state index contributed by atoms with van der Waals surface area (Å²) >= 11 is 0. The van der Waals surface area contributed by atoms with Crippen molar-refractivity contribution in [2.24, 2.45) is 0 Å². The van der Waals surface area contributed by atoms with E-state index in [4.69, 9.17) is 8.94 Å². The maximum atomic E-state index is 12.8. The maximum Gasteiger partial charge on any atom is 0.280 e. The molecule has 1 fully saturated rings. The Hall–Kier alpha value is -1.64. The fraction of sp³-hybridized carbons (Fsp3) is 0.533. The van der Waals surface area contributed by atoms with Gasteiger partial charge in [0.05, 0.1) is 24.0 Å². The van der Waals surface area contributed by atoms with E-state index in [0.717, 1.165) is 18.4 Å². The number of nitrogens with one attached hydrogen (secondary N) is 1. The molecule has 0 bridgehead atoms. The fourth-order valence-corrected chi connectivity index (χ4v) is 4.87. The highest BCUT2D eigenvalue weighted by atomic mass is 32.2. The standard InChI is InChI=1S/C15H21N3O4S/c1-10-15(12(3)22-16-10)11(2)17-23(19,20)18-8-4-6-13(18)14-7-5-9-21-14/h5,7,9,11,13,17H,4,6,8H2,1-3H3/t11-,13-/m0/s1. The van der Waals surface area contributed by atoms with E-state index < -0.39 is 16.3 Å². The van der Waals surface area contributed by atoms with Gasteiger partial charge in [0, 0.05) is 12.1 Å². The quantitative estimate of drug-likeness (QED) is 0.904. The molecule has 1 aliphatic heterocycles. The molecular weight excluding hydrogens is 318 g/mol. The van der Waals surface area contributed by atoms with Crippen molar-refractivity contribution in [2.45, 2.75) is 45.7 Å². The second-order valence-corrected chi connectivity index (χ2v) is 7.52. The van der Waals surface area contributed by atoms with Gasteiger partial charge < -0.3 is 8.94 Å². The number of nitrogens with zero attached hydrogens (tertiary/aromatic N) is 2. The summed E-state index contributed by atoms with van der Waals surface area (Å²) in [5, 5.41) is 3.88. The summed E-state index contributed by atoms with van der Waals surface area (Å²) in [5.41, 5.74) is 1.48. The van der Waals surface area contributed by atoms with Gasteiger partial charge in [-0.05, 0) is 45.7 Å². The van der Waals surface area contributed by atoms with Crippen LogP contribution in [0, 0.1) is 13.8 Å². The molecule has 0 unspecified atom stereocenters. The van der Waals surface area contributed by atoms with Gasteiger partial charge in [0.15, 0.2) is 0 Å². The molecule has 0 amide bonds. The molecule has 126 valence electrons. The topological polar surface area (TPSA) is 88.6 Å². The summed E-state index contributed by atoms with van der Waals surface area (Å²) < 4.78 is 40.3. The van der Waals surface area contributed by atoms with Crippen molar-refractivity contribution in [1.82, 2.24) is 14.2 Å². The molecule has 8 heteroatoms. The van der Waals surface area contributed by atoms with E-state index in [1.807, 2.05) is 6.07 Å². The van der Waals surface area contributed by atoms with Crippen LogP contribution in [0.1, 0.15) is 54.6 Å². The van der Waals surface area contributed by atoms with Crippen molar-refractivity contribution in [1.29, 1.82) is 0 Å². The lowest BCUT2D eigenvalue weighted by molar-refractivity contribution is 0.333. The van der Waals surface area contributed by atoms with Gasteiger partial charge in [-0.25, -0.2) is 0 Å². The van der Waals surface area contributed by atoms with Crippen molar-refractivity contribution in [3.05, 3.63) is 41.2 Å². The molecule has 23 heavy (non-hydrogen) atoms. The van der Waals surface area contributed by atoms with Crippen molar-refractivity contribution in [2.75, 3.05) is 6.54 Å². The molecule has 2 aromatic heterocycles. The highest BCUT2D eigenvalue weighted by Crippen LogP contribution is 2.34. The fourth-order valence-electron chi connectivity index (χ4n) is 3.25. The van der Waals surface area contributed by atoms with E-state index >= 15 is 0 Å². The molecule has 1 aliphatic rings. The molecule has 7 nitrogen and oxygen atoms in total. The van der Waals surface area contributed by atoms with Crippen molar-refractivity contribution < 1.29 is 17.4 Å². The first-order valence-electron chi connectivity index (χ1n) is 7.65. The minimum Gasteiger partial charge on any atom is -0.468 e. The van der Waals surface area contributed by atoms with Crippen LogP contribution in [0.25, 0.3) is 0 Å². The number of furan rings is 1. The Kier molecular flexibility index (Phi) is 4.31. The zero-order valence-corrected chi connectivity index (χ0v) is 14.3. The van der Waals surface area contributed by atoms with E-state index in [-0.39, 0.29) is 6.04 Å². The minimum atomic E-state index is -3.64. The molecular formula is C15H21N3O4S. The van der Waals surface area contributed by atoms with Gasteiger partial charge in [0.25, 0.3) is 10.2 Å². The van der Waals surface area contributed by atoms with E-state index in [1.165, 1.54) is 4.31 Å². The summed E-state index contributed by atoms with van der Waals surface area (Å²) in [6, 6.07) is 2.93. The second-order valence-electron chi connectivity index (χ2n) is 5.87. The van der Waals surface area contributed by atoms with Gasteiger partial charge in [-0.3, -0.25) is 0 Å². The summed E-state index contributed by atoms with van der Waals surface area (Å²) in [6.45, 7) is 5.86. The molecule has 0 aromatic carbocycles. The Balaban J connectivity index is 1.81. The van der Waals surface area contributed by atoms with E-state index in [1.54, 1.807) is 33.1 Å². The summed E-state index contributed by atoms with van der Waals surface area (Å²) in [6.07, 6.45) is 3.14. The molecule has 2 atom stereocenters.